The van der Waals surface area contributed by atoms with Gasteiger partial charge in [-0.2, -0.15) is 0 Å². The van der Waals surface area contributed by atoms with Crippen molar-refractivity contribution in [3.63, 3.8) is 0 Å². The second kappa shape index (κ2) is 2.94. The van der Waals surface area contributed by atoms with E-state index in [1.165, 1.54) is 0 Å². The molecule has 2 rings (SSSR count). The molecular weight excluding hydrogens is 242 g/mol. The highest BCUT2D eigenvalue weighted by molar-refractivity contribution is 9.10. The predicted molar refractivity (Wildman–Crippen MR) is 47.9 cm³/mol. The summed E-state index contributed by atoms with van der Waals surface area (Å²) in [5.74, 6) is -1.18. The molecule has 1 unspecified atom stereocenters. The molecule has 0 N–H and O–H groups in total. The number of benzene rings is 1. The number of hydrogen-bond acceptors (Lipinski definition) is 1. The molecule has 0 bridgehead atoms. The maximum absolute atomic E-state index is 13.2. The highest BCUT2D eigenvalue weighted by Gasteiger charge is 2.27. The molecule has 0 saturated carbocycles. The summed E-state index contributed by atoms with van der Waals surface area (Å²) in [6, 6.07) is 1.09. The zero-order chi connectivity index (χ0) is 9.59. The highest BCUT2D eigenvalue weighted by atomic mass is 79.9. The lowest BCUT2D eigenvalue weighted by molar-refractivity contribution is 0.253. The lowest BCUT2D eigenvalue weighted by atomic mass is 10.1. The van der Waals surface area contributed by atoms with Gasteiger partial charge in [-0.3, -0.25) is 0 Å². The number of ether oxygens (including phenoxy) is 1. The molecule has 0 spiro atoms. The minimum atomic E-state index is -0.830. The van der Waals surface area contributed by atoms with Gasteiger partial charge in [0, 0.05) is 12.0 Å². The molecule has 4 heteroatoms. The van der Waals surface area contributed by atoms with Crippen LogP contribution in [-0.2, 0) is 6.42 Å². The van der Waals surface area contributed by atoms with E-state index >= 15 is 0 Å². The van der Waals surface area contributed by atoms with Crippen molar-refractivity contribution in [3.05, 3.63) is 27.7 Å². The predicted octanol–water partition coefficient (Wildman–Crippen LogP) is 3.05. The second-order valence-electron chi connectivity index (χ2n) is 3.09. The summed E-state index contributed by atoms with van der Waals surface area (Å²) in [6.07, 6.45) is 0.347. The van der Waals surface area contributed by atoms with Crippen LogP contribution >= 0.6 is 15.9 Å². The van der Waals surface area contributed by atoms with Crippen LogP contribution in [0.4, 0.5) is 8.78 Å². The van der Waals surface area contributed by atoms with Crippen LogP contribution in [0.1, 0.15) is 12.5 Å². The van der Waals surface area contributed by atoms with Gasteiger partial charge >= 0.3 is 0 Å². The Hall–Kier alpha value is -0.640. The summed E-state index contributed by atoms with van der Waals surface area (Å²) in [5.41, 5.74) is 0.333. The third-order valence-electron chi connectivity index (χ3n) is 2.03. The molecule has 0 amide bonds. The van der Waals surface area contributed by atoms with E-state index in [4.69, 9.17) is 4.74 Å². The summed E-state index contributed by atoms with van der Waals surface area (Å²) < 4.78 is 31.9. The van der Waals surface area contributed by atoms with E-state index in [0.717, 1.165) is 6.07 Å². The van der Waals surface area contributed by atoms with E-state index in [0.29, 0.717) is 22.2 Å². The first kappa shape index (κ1) is 8.94. The third kappa shape index (κ3) is 1.33. The molecule has 0 saturated heterocycles. The molecule has 70 valence electrons. The molecule has 0 fully saturated rings. The maximum Gasteiger partial charge on any atom is 0.165 e. The Kier molecular flexibility index (Phi) is 2.02. The average Bonchev–Trinajstić information content (AvgIpc) is 2.44. The van der Waals surface area contributed by atoms with Crippen molar-refractivity contribution < 1.29 is 13.5 Å². The zero-order valence-corrected chi connectivity index (χ0v) is 8.49. The van der Waals surface area contributed by atoms with Crippen molar-refractivity contribution in [2.75, 3.05) is 0 Å². The molecule has 1 aromatic rings. The van der Waals surface area contributed by atoms with Crippen molar-refractivity contribution in [2.24, 2.45) is 0 Å². The maximum atomic E-state index is 13.2. The van der Waals surface area contributed by atoms with Crippen LogP contribution in [0.15, 0.2) is 10.5 Å². The van der Waals surface area contributed by atoms with Gasteiger partial charge in [0.2, 0.25) is 0 Å². The van der Waals surface area contributed by atoms with Crippen molar-refractivity contribution in [1.82, 2.24) is 0 Å². The minimum absolute atomic E-state index is 0.0809. The summed E-state index contributed by atoms with van der Waals surface area (Å²) in [4.78, 5) is 0. The van der Waals surface area contributed by atoms with Crippen LogP contribution in [0, 0.1) is 11.6 Å². The molecule has 13 heavy (non-hydrogen) atoms. The normalized spacial score (nSPS) is 19.8. The topological polar surface area (TPSA) is 9.23 Å². The van der Waals surface area contributed by atoms with Crippen LogP contribution in [0.2, 0.25) is 0 Å². The lowest BCUT2D eigenvalue weighted by Gasteiger charge is -2.04. The fourth-order valence-electron chi connectivity index (χ4n) is 1.47. The van der Waals surface area contributed by atoms with Gasteiger partial charge in [-0.15, -0.1) is 0 Å². The van der Waals surface area contributed by atoms with Crippen LogP contribution in [0.5, 0.6) is 5.75 Å². The molecule has 0 aliphatic carbocycles. The minimum Gasteiger partial charge on any atom is -0.489 e. The Bertz CT molecular complexity index is 365. The van der Waals surface area contributed by atoms with Crippen LogP contribution in [0.3, 0.4) is 0 Å². The Morgan fingerprint density at radius 1 is 1.54 bits per heavy atom. The number of hydrogen-bond donors (Lipinski definition) is 0. The van der Waals surface area contributed by atoms with Crippen molar-refractivity contribution >= 4 is 15.9 Å². The van der Waals surface area contributed by atoms with E-state index in [2.05, 4.69) is 15.9 Å². The Labute approximate surface area is 82.8 Å². The molecule has 1 aliphatic rings. The first-order chi connectivity index (χ1) is 6.09. The van der Waals surface area contributed by atoms with Gasteiger partial charge in [0.25, 0.3) is 0 Å². The molecular formula is C9H7BrF2O. The van der Waals surface area contributed by atoms with E-state index < -0.39 is 11.6 Å². The number of fused-ring (bicyclic) bond motifs is 1. The van der Waals surface area contributed by atoms with E-state index in [1.54, 1.807) is 0 Å². The largest absolute Gasteiger partial charge is 0.489 e. The summed E-state index contributed by atoms with van der Waals surface area (Å²) in [6.45, 7) is 1.82. The molecule has 1 nitrogen and oxygen atoms in total. The molecule has 0 aromatic heterocycles. The Balaban J connectivity index is 2.62. The second-order valence-corrected chi connectivity index (χ2v) is 3.95. The fourth-order valence-corrected chi connectivity index (χ4v) is 2.00. The van der Waals surface area contributed by atoms with Gasteiger partial charge in [-0.05, 0) is 28.9 Å². The van der Waals surface area contributed by atoms with Crippen LogP contribution in [-0.4, -0.2) is 6.10 Å². The SMILES string of the molecule is CC1Cc2c(F)c(F)cc(Br)c2O1. The quantitative estimate of drug-likeness (QED) is 0.642. The van der Waals surface area contributed by atoms with E-state index in [1.807, 2.05) is 6.92 Å². The smallest absolute Gasteiger partial charge is 0.165 e. The highest BCUT2D eigenvalue weighted by Crippen LogP contribution is 2.38. The summed E-state index contributed by atoms with van der Waals surface area (Å²) in [5, 5.41) is 0. The molecule has 0 radical (unpaired) electrons. The Morgan fingerprint density at radius 2 is 2.23 bits per heavy atom. The van der Waals surface area contributed by atoms with Gasteiger partial charge in [-0.1, -0.05) is 0 Å². The first-order valence-electron chi connectivity index (χ1n) is 3.92. The first-order valence-corrected chi connectivity index (χ1v) is 4.72. The van der Waals surface area contributed by atoms with E-state index in [-0.39, 0.29) is 6.10 Å². The Morgan fingerprint density at radius 3 is 2.92 bits per heavy atom. The molecule has 1 atom stereocenters. The summed E-state index contributed by atoms with van der Waals surface area (Å²) >= 11 is 3.13. The molecule has 1 heterocycles. The number of halogens is 3. The van der Waals surface area contributed by atoms with E-state index in [9.17, 15) is 8.78 Å². The average molecular weight is 249 g/mol. The van der Waals surface area contributed by atoms with Crippen molar-refractivity contribution in [3.8, 4) is 5.75 Å². The van der Waals surface area contributed by atoms with Gasteiger partial charge in [0.05, 0.1) is 4.47 Å². The molecule has 1 aliphatic heterocycles. The third-order valence-corrected chi connectivity index (χ3v) is 2.62. The van der Waals surface area contributed by atoms with Crippen molar-refractivity contribution in [2.45, 2.75) is 19.4 Å². The zero-order valence-electron chi connectivity index (χ0n) is 6.90. The lowest BCUT2D eigenvalue weighted by Crippen LogP contribution is -2.05. The summed E-state index contributed by atoms with van der Waals surface area (Å²) in [7, 11) is 0. The van der Waals surface area contributed by atoms with Gasteiger partial charge in [-0.25, -0.2) is 8.78 Å². The standard InChI is InChI=1S/C9H7BrF2O/c1-4-2-5-8(12)7(11)3-6(10)9(5)13-4/h3-4H,2H2,1H3. The van der Waals surface area contributed by atoms with Gasteiger partial charge in [0.1, 0.15) is 11.9 Å². The molecule has 1 aromatic carbocycles. The van der Waals surface area contributed by atoms with Gasteiger partial charge in [0.15, 0.2) is 11.6 Å². The van der Waals surface area contributed by atoms with Crippen molar-refractivity contribution in [1.29, 1.82) is 0 Å². The number of rotatable bonds is 0. The van der Waals surface area contributed by atoms with Crippen LogP contribution < -0.4 is 4.74 Å². The monoisotopic (exact) mass is 248 g/mol. The van der Waals surface area contributed by atoms with Gasteiger partial charge < -0.3 is 4.74 Å². The fraction of sp³-hybridized carbons (Fsp3) is 0.333. The van der Waals surface area contributed by atoms with Crippen LogP contribution in [0.25, 0.3) is 0 Å².